The van der Waals surface area contributed by atoms with Crippen LogP contribution in [-0.2, 0) is 9.53 Å². The molecule has 0 bridgehead atoms. The highest BCUT2D eigenvalue weighted by Crippen LogP contribution is 2.32. The van der Waals surface area contributed by atoms with Gasteiger partial charge in [-0.3, -0.25) is 4.79 Å². The molecule has 5 heteroatoms. The maximum atomic E-state index is 11.5. The Morgan fingerprint density at radius 3 is 2.62 bits per heavy atom. The zero-order chi connectivity index (χ0) is 10.8. The number of piperazine rings is 1. The van der Waals surface area contributed by atoms with Crippen molar-refractivity contribution in [1.29, 1.82) is 0 Å². The molecule has 0 spiro atoms. The quantitative estimate of drug-likeness (QED) is 0.743. The number of halogens is 1. The van der Waals surface area contributed by atoms with Gasteiger partial charge in [0.1, 0.15) is 0 Å². The Labute approximate surface area is 102 Å². The second kappa shape index (κ2) is 5.37. The summed E-state index contributed by atoms with van der Waals surface area (Å²) in [6.45, 7) is 9.93. The van der Waals surface area contributed by atoms with E-state index in [-0.39, 0.29) is 18.2 Å². The Hall–Kier alpha value is -1.00. The highest BCUT2D eigenvalue weighted by Gasteiger charge is 2.37. The summed E-state index contributed by atoms with van der Waals surface area (Å²) in [4.78, 5) is 13.7. The van der Waals surface area contributed by atoms with Crippen molar-refractivity contribution in [2.24, 2.45) is 0 Å². The molecule has 1 N–H and O–H groups in total. The molecule has 1 aliphatic carbocycles. The molecule has 0 radical (unpaired) electrons. The van der Waals surface area contributed by atoms with Crippen LogP contribution in [0.15, 0.2) is 23.6 Å². The predicted octanol–water partition coefficient (Wildman–Crippen LogP) is 0.700. The molecule has 0 aromatic heterocycles. The molecular formula is C11H17ClN2O2. The van der Waals surface area contributed by atoms with Gasteiger partial charge in [0.25, 0.3) is 0 Å². The van der Waals surface area contributed by atoms with Gasteiger partial charge in [0, 0.05) is 31.8 Å². The van der Waals surface area contributed by atoms with Crippen molar-refractivity contribution in [3.05, 3.63) is 23.6 Å². The van der Waals surface area contributed by atoms with Crippen LogP contribution >= 0.6 is 12.4 Å². The lowest BCUT2D eigenvalue weighted by atomic mass is 9.93. The number of hydrogen-bond donors (Lipinski definition) is 1. The lowest BCUT2D eigenvalue weighted by Gasteiger charge is -2.37. The SMILES string of the molecule is C=C1C(=O)C(OCC)=C1N1CCNCC1.Cl. The van der Waals surface area contributed by atoms with Crippen molar-refractivity contribution < 1.29 is 9.53 Å². The maximum Gasteiger partial charge on any atom is 0.231 e. The average Bonchev–Trinajstić information content (AvgIpc) is 2.29. The number of ether oxygens (including phenoxy) is 1. The Morgan fingerprint density at radius 1 is 1.44 bits per heavy atom. The van der Waals surface area contributed by atoms with E-state index in [1.54, 1.807) is 0 Å². The van der Waals surface area contributed by atoms with Crippen LogP contribution < -0.4 is 5.32 Å². The first-order valence-electron chi connectivity index (χ1n) is 5.32. The Morgan fingerprint density at radius 2 is 2.06 bits per heavy atom. The number of ketones is 1. The third-order valence-corrected chi connectivity index (χ3v) is 2.70. The van der Waals surface area contributed by atoms with Gasteiger partial charge in [0.05, 0.1) is 12.3 Å². The lowest BCUT2D eigenvalue weighted by molar-refractivity contribution is -0.117. The second-order valence-electron chi connectivity index (χ2n) is 3.66. The standard InChI is InChI=1S/C11H16N2O2.ClH/c1-3-15-11-9(8(2)10(11)14)13-6-4-12-5-7-13;/h12H,2-7H2,1H3;1H. The normalized spacial score (nSPS) is 20.4. The monoisotopic (exact) mass is 244 g/mol. The Bertz CT molecular complexity index is 333. The fraction of sp³-hybridized carbons (Fsp3) is 0.545. The molecular weight excluding hydrogens is 228 g/mol. The van der Waals surface area contributed by atoms with E-state index in [9.17, 15) is 4.79 Å². The molecule has 1 heterocycles. The molecule has 1 aliphatic heterocycles. The summed E-state index contributed by atoms with van der Waals surface area (Å²) in [6.07, 6.45) is 0. The van der Waals surface area contributed by atoms with Crippen LogP contribution in [0.25, 0.3) is 0 Å². The van der Waals surface area contributed by atoms with E-state index in [4.69, 9.17) is 4.74 Å². The maximum absolute atomic E-state index is 11.5. The minimum absolute atomic E-state index is 0. The molecule has 0 amide bonds. The van der Waals surface area contributed by atoms with Crippen molar-refractivity contribution in [2.75, 3.05) is 32.8 Å². The molecule has 2 aliphatic rings. The molecule has 90 valence electrons. The predicted molar refractivity (Wildman–Crippen MR) is 64.5 cm³/mol. The molecule has 2 rings (SSSR count). The summed E-state index contributed by atoms with van der Waals surface area (Å²) >= 11 is 0. The smallest absolute Gasteiger partial charge is 0.231 e. The zero-order valence-corrected chi connectivity index (χ0v) is 10.2. The molecule has 1 saturated heterocycles. The van der Waals surface area contributed by atoms with Gasteiger partial charge in [-0.2, -0.15) is 0 Å². The number of nitrogens with one attached hydrogen (secondary N) is 1. The minimum Gasteiger partial charge on any atom is -0.488 e. The molecule has 1 fully saturated rings. The van der Waals surface area contributed by atoms with Gasteiger partial charge in [-0.25, -0.2) is 0 Å². The number of rotatable bonds is 3. The fourth-order valence-electron chi connectivity index (χ4n) is 1.93. The van der Waals surface area contributed by atoms with E-state index < -0.39 is 0 Å². The molecule has 0 saturated carbocycles. The third-order valence-electron chi connectivity index (χ3n) is 2.70. The second-order valence-corrected chi connectivity index (χ2v) is 3.66. The minimum atomic E-state index is -0.0367. The molecule has 4 nitrogen and oxygen atoms in total. The summed E-state index contributed by atoms with van der Waals surface area (Å²) < 4.78 is 5.33. The van der Waals surface area contributed by atoms with Crippen molar-refractivity contribution in [3.63, 3.8) is 0 Å². The van der Waals surface area contributed by atoms with Gasteiger partial charge >= 0.3 is 0 Å². The number of carbonyl (C=O) groups excluding carboxylic acids is 1. The van der Waals surface area contributed by atoms with Gasteiger partial charge < -0.3 is 15.0 Å². The average molecular weight is 245 g/mol. The van der Waals surface area contributed by atoms with Crippen molar-refractivity contribution >= 4 is 18.2 Å². The van der Waals surface area contributed by atoms with E-state index >= 15 is 0 Å². The summed E-state index contributed by atoms with van der Waals surface area (Å²) in [7, 11) is 0. The topological polar surface area (TPSA) is 41.6 Å². The van der Waals surface area contributed by atoms with E-state index in [2.05, 4.69) is 16.8 Å². The summed E-state index contributed by atoms with van der Waals surface area (Å²) in [6, 6.07) is 0. The van der Waals surface area contributed by atoms with E-state index in [0.717, 1.165) is 31.9 Å². The van der Waals surface area contributed by atoms with Crippen LogP contribution in [0, 0.1) is 0 Å². The van der Waals surface area contributed by atoms with E-state index in [0.29, 0.717) is 17.9 Å². The highest BCUT2D eigenvalue weighted by atomic mass is 35.5. The molecule has 0 unspecified atom stereocenters. The van der Waals surface area contributed by atoms with Crippen LogP contribution in [0.5, 0.6) is 0 Å². The van der Waals surface area contributed by atoms with Gasteiger partial charge in [0.2, 0.25) is 5.78 Å². The van der Waals surface area contributed by atoms with E-state index in [1.807, 2.05) is 6.92 Å². The first kappa shape index (κ1) is 13.1. The molecule has 0 aromatic carbocycles. The molecule has 0 atom stereocenters. The summed E-state index contributed by atoms with van der Waals surface area (Å²) in [5.41, 5.74) is 1.52. The lowest BCUT2D eigenvalue weighted by Crippen LogP contribution is -2.46. The third kappa shape index (κ3) is 2.08. The van der Waals surface area contributed by atoms with Crippen LogP contribution in [0.4, 0.5) is 0 Å². The Kier molecular flexibility index (Phi) is 4.38. The van der Waals surface area contributed by atoms with Crippen molar-refractivity contribution in [1.82, 2.24) is 10.2 Å². The van der Waals surface area contributed by atoms with Gasteiger partial charge in [0.15, 0.2) is 5.76 Å². The number of hydrogen-bond acceptors (Lipinski definition) is 4. The van der Waals surface area contributed by atoms with Crippen LogP contribution in [-0.4, -0.2) is 43.5 Å². The van der Waals surface area contributed by atoms with E-state index in [1.165, 1.54) is 0 Å². The zero-order valence-electron chi connectivity index (χ0n) is 9.41. The fourth-order valence-corrected chi connectivity index (χ4v) is 1.93. The van der Waals surface area contributed by atoms with Crippen LogP contribution in [0.1, 0.15) is 6.92 Å². The van der Waals surface area contributed by atoms with Crippen molar-refractivity contribution in [2.45, 2.75) is 6.92 Å². The van der Waals surface area contributed by atoms with Crippen LogP contribution in [0.3, 0.4) is 0 Å². The first-order chi connectivity index (χ1) is 7.25. The Balaban J connectivity index is 0.00000128. The summed E-state index contributed by atoms with van der Waals surface area (Å²) in [5.74, 6) is 0.467. The number of Topliss-reactive ketones (excluding diaryl/α,β-unsaturated/α-hetero) is 1. The first-order valence-corrected chi connectivity index (χ1v) is 5.32. The van der Waals surface area contributed by atoms with Crippen LogP contribution in [0.2, 0.25) is 0 Å². The highest BCUT2D eigenvalue weighted by molar-refractivity contribution is 6.17. The largest absolute Gasteiger partial charge is 0.488 e. The number of nitrogens with zero attached hydrogens (tertiary/aromatic N) is 1. The van der Waals surface area contributed by atoms with Gasteiger partial charge in [-0.15, -0.1) is 12.4 Å². The van der Waals surface area contributed by atoms with Gasteiger partial charge in [-0.05, 0) is 6.92 Å². The molecule has 0 aromatic rings. The van der Waals surface area contributed by atoms with Crippen molar-refractivity contribution in [3.8, 4) is 0 Å². The number of carbonyl (C=O) groups is 1. The van der Waals surface area contributed by atoms with Gasteiger partial charge in [-0.1, -0.05) is 6.58 Å². The molecule has 16 heavy (non-hydrogen) atoms. The number of allylic oxidation sites excluding steroid dienone is 2. The summed E-state index contributed by atoms with van der Waals surface area (Å²) in [5, 5.41) is 3.27.